The van der Waals surface area contributed by atoms with Crippen LogP contribution < -0.4 is 10.1 Å². The fourth-order valence-corrected chi connectivity index (χ4v) is 2.98. The molecule has 152 valence electrons. The third-order valence-electron chi connectivity index (χ3n) is 4.17. The fraction of sp³-hybridized carbons (Fsp3) is 0.0435. The SMILES string of the molecule is N#Cc1cc(C#N)cc(Oc2ccc(CC(=O)Nc3ccc(C(=O)O)cc3)cc2Cl)c1. The highest BCUT2D eigenvalue weighted by Crippen LogP contribution is 2.31. The number of nitrogens with zero attached hydrogens (tertiary/aromatic N) is 2. The Bertz CT molecular complexity index is 1210. The number of rotatable bonds is 6. The summed E-state index contributed by atoms with van der Waals surface area (Å²) in [5.41, 5.74) is 1.82. The molecule has 0 aliphatic rings. The van der Waals surface area contributed by atoms with Gasteiger partial charge in [0, 0.05) is 5.69 Å². The second-order valence-electron chi connectivity index (χ2n) is 6.44. The number of carboxylic acid groups (broad SMARTS) is 1. The van der Waals surface area contributed by atoms with E-state index >= 15 is 0 Å². The van der Waals surface area contributed by atoms with Crippen LogP contribution in [0.15, 0.2) is 60.7 Å². The third-order valence-corrected chi connectivity index (χ3v) is 4.46. The molecule has 8 heteroatoms. The Hall–Kier alpha value is -4.33. The van der Waals surface area contributed by atoms with E-state index in [1.54, 1.807) is 18.2 Å². The van der Waals surface area contributed by atoms with Gasteiger partial charge >= 0.3 is 5.97 Å². The number of benzene rings is 3. The average Bonchev–Trinajstić information content (AvgIpc) is 2.75. The van der Waals surface area contributed by atoms with Gasteiger partial charge in [0.1, 0.15) is 11.5 Å². The molecule has 1 amide bonds. The Labute approximate surface area is 182 Å². The van der Waals surface area contributed by atoms with Crippen molar-refractivity contribution in [3.63, 3.8) is 0 Å². The number of halogens is 1. The Balaban J connectivity index is 1.68. The Morgan fingerprint density at radius 1 is 0.968 bits per heavy atom. The average molecular weight is 432 g/mol. The van der Waals surface area contributed by atoms with Crippen molar-refractivity contribution < 1.29 is 19.4 Å². The van der Waals surface area contributed by atoms with Gasteiger partial charge in [0.15, 0.2) is 0 Å². The number of carboxylic acids is 1. The molecule has 0 aliphatic heterocycles. The van der Waals surface area contributed by atoms with Gasteiger partial charge in [-0.2, -0.15) is 10.5 Å². The van der Waals surface area contributed by atoms with Crippen LogP contribution in [-0.2, 0) is 11.2 Å². The summed E-state index contributed by atoms with van der Waals surface area (Å²) in [6.45, 7) is 0. The number of carbonyl (C=O) groups is 2. The van der Waals surface area contributed by atoms with Crippen LogP contribution in [0.1, 0.15) is 27.0 Å². The van der Waals surface area contributed by atoms with Crippen LogP contribution >= 0.6 is 11.6 Å². The van der Waals surface area contributed by atoms with Crippen molar-refractivity contribution in [1.82, 2.24) is 0 Å². The summed E-state index contributed by atoms with van der Waals surface area (Å²) in [5, 5.41) is 30.0. The summed E-state index contributed by atoms with van der Waals surface area (Å²) in [5.74, 6) is -0.729. The quantitative estimate of drug-likeness (QED) is 0.580. The number of carbonyl (C=O) groups excluding carboxylic acids is 1. The zero-order valence-electron chi connectivity index (χ0n) is 15.9. The first kappa shape index (κ1) is 21.4. The molecule has 31 heavy (non-hydrogen) atoms. The summed E-state index contributed by atoms with van der Waals surface area (Å²) < 4.78 is 5.70. The number of ether oxygens (including phenoxy) is 1. The molecule has 2 N–H and O–H groups in total. The number of amides is 1. The van der Waals surface area contributed by atoms with Crippen molar-refractivity contribution in [2.75, 3.05) is 5.32 Å². The van der Waals surface area contributed by atoms with E-state index in [4.69, 9.17) is 32.0 Å². The Morgan fingerprint density at radius 3 is 2.16 bits per heavy atom. The Kier molecular flexibility index (Phi) is 6.51. The van der Waals surface area contributed by atoms with Gasteiger partial charge in [-0.15, -0.1) is 0 Å². The molecule has 0 aliphatic carbocycles. The lowest BCUT2D eigenvalue weighted by molar-refractivity contribution is -0.115. The van der Waals surface area contributed by atoms with Crippen LogP contribution in [0.3, 0.4) is 0 Å². The highest BCUT2D eigenvalue weighted by atomic mass is 35.5. The molecule has 0 saturated heterocycles. The second kappa shape index (κ2) is 9.45. The minimum atomic E-state index is -1.04. The summed E-state index contributed by atoms with van der Waals surface area (Å²) in [6.07, 6.45) is 0.0448. The normalized spacial score (nSPS) is 9.90. The predicted octanol–water partition coefficient (Wildman–Crippen LogP) is 4.76. The van der Waals surface area contributed by atoms with Crippen molar-refractivity contribution in [3.8, 4) is 23.6 Å². The van der Waals surface area contributed by atoms with Crippen molar-refractivity contribution >= 4 is 29.2 Å². The molecule has 7 nitrogen and oxygen atoms in total. The van der Waals surface area contributed by atoms with E-state index in [1.807, 2.05) is 12.1 Å². The molecular formula is C23H14ClN3O4. The second-order valence-corrected chi connectivity index (χ2v) is 6.85. The predicted molar refractivity (Wildman–Crippen MR) is 113 cm³/mol. The lowest BCUT2D eigenvalue weighted by Crippen LogP contribution is -2.14. The minimum absolute atomic E-state index is 0.0448. The maximum Gasteiger partial charge on any atom is 0.335 e. The maximum absolute atomic E-state index is 12.3. The molecule has 3 aromatic carbocycles. The lowest BCUT2D eigenvalue weighted by atomic mass is 10.1. The van der Waals surface area contributed by atoms with Gasteiger partial charge in [0.25, 0.3) is 0 Å². The van der Waals surface area contributed by atoms with Gasteiger partial charge in [-0.25, -0.2) is 4.79 Å². The molecule has 0 spiro atoms. The van der Waals surface area contributed by atoms with Gasteiger partial charge < -0.3 is 15.2 Å². The summed E-state index contributed by atoms with van der Waals surface area (Å²) in [6, 6.07) is 19.0. The summed E-state index contributed by atoms with van der Waals surface area (Å²) in [4.78, 5) is 23.1. The number of hydrogen-bond acceptors (Lipinski definition) is 5. The number of nitrogens with one attached hydrogen (secondary N) is 1. The highest BCUT2D eigenvalue weighted by molar-refractivity contribution is 6.32. The molecule has 0 fully saturated rings. The minimum Gasteiger partial charge on any atom is -0.478 e. The summed E-state index contributed by atoms with van der Waals surface area (Å²) in [7, 11) is 0. The Morgan fingerprint density at radius 2 is 1.61 bits per heavy atom. The summed E-state index contributed by atoms with van der Waals surface area (Å²) >= 11 is 6.28. The number of anilines is 1. The van der Waals surface area contributed by atoms with Crippen molar-refractivity contribution in [2.24, 2.45) is 0 Å². The van der Waals surface area contributed by atoms with Gasteiger partial charge in [-0.05, 0) is 60.2 Å². The van der Waals surface area contributed by atoms with Gasteiger partial charge in [-0.1, -0.05) is 17.7 Å². The molecule has 0 bridgehead atoms. The topological polar surface area (TPSA) is 123 Å². The number of nitriles is 2. The van der Waals surface area contributed by atoms with Crippen molar-refractivity contribution in [2.45, 2.75) is 6.42 Å². The monoisotopic (exact) mass is 431 g/mol. The molecule has 0 aromatic heterocycles. The first-order valence-corrected chi connectivity index (χ1v) is 9.30. The van der Waals surface area contributed by atoms with E-state index in [0.29, 0.717) is 22.7 Å². The third kappa shape index (κ3) is 5.60. The van der Waals surface area contributed by atoms with E-state index in [9.17, 15) is 9.59 Å². The van der Waals surface area contributed by atoms with E-state index in [0.717, 1.165) is 0 Å². The lowest BCUT2D eigenvalue weighted by Gasteiger charge is -2.10. The van der Waals surface area contributed by atoms with Gasteiger partial charge in [0.2, 0.25) is 5.91 Å². The van der Waals surface area contributed by atoms with Crippen LogP contribution in [0.5, 0.6) is 11.5 Å². The van der Waals surface area contributed by atoms with Crippen LogP contribution in [0, 0.1) is 22.7 Å². The molecule has 0 saturated carbocycles. The molecule has 3 rings (SSSR count). The van der Waals surface area contributed by atoms with Crippen LogP contribution in [0.4, 0.5) is 5.69 Å². The molecule has 0 radical (unpaired) electrons. The highest BCUT2D eigenvalue weighted by Gasteiger charge is 2.10. The largest absolute Gasteiger partial charge is 0.478 e. The molecule has 0 heterocycles. The molecule has 3 aromatic rings. The zero-order chi connectivity index (χ0) is 22.4. The number of hydrogen-bond donors (Lipinski definition) is 2. The number of aromatic carboxylic acids is 1. The van der Waals surface area contributed by atoms with Crippen LogP contribution in [0.2, 0.25) is 5.02 Å². The van der Waals surface area contributed by atoms with E-state index in [2.05, 4.69) is 5.32 Å². The molecule has 0 unspecified atom stereocenters. The van der Waals surface area contributed by atoms with Crippen LogP contribution in [0.25, 0.3) is 0 Å². The zero-order valence-corrected chi connectivity index (χ0v) is 16.7. The smallest absolute Gasteiger partial charge is 0.335 e. The first-order chi connectivity index (χ1) is 14.9. The molecular weight excluding hydrogens is 418 g/mol. The van der Waals surface area contributed by atoms with E-state index in [1.165, 1.54) is 42.5 Å². The van der Waals surface area contributed by atoms with Gasteiger partial charge in [-0.3, -0.25) is 4.79 Å². The van der Waals surface area contributed by atoms with E-state index < -0.39 is 5.97 Å². The first-order valence-electron chi connectivity index (χ1n) is 8.92. The van der Waals surface area contributed by atoms with Crippen molar-refractivity contribution in [1.29, 1.82) is 10.5 Å². The van der Waals surface area contributed by atoms with Gasteiger partial charge in [0.05, 0.1) is 40.3 Å². The van der Waals surface area contributed by atoms with E-state index in [-0.39, 0.29) is 34.0 Å². The maximum atomic E-state index is 12.3. The van der Waals surface area contributed by atoms with Crippen molar-refractivity contribution in [3.05, 3.63) is 87.9 Å². The molecule has 0 atom stereocenters. The standard InChI is InChI=1S/C23H14ClN3O4/c24-20-10-14(11-22(28)27-18-4-2-17(3-5-18)23(29)30)1-6-21(20)31-19-8-15(12-25)7-16(9-19)13-26/h1-10H,11H2,(H,27,28)(H,29,30). The van der Waals surface area contributed by atoms with Crippen LogP contribution in [-0.4, -0.2) is 17.0 Å². The fourth-order valence-electron chi connectivity index (χ4n) is 2.74.